The minimum absolute atomic E-state index is 0.0699. The second-order valence-corrected chi connectivity index (χ2v) is 13.3. The van der Waals surface area contributed by atoms with Crippen LogP contribution in [0.4, 0.5) is 0 Å². The molecule has 0 spiro atoms. The van der Waals surface area contributed by atoms with Crippen LogP contribution in [0.25, 0.3) is 0 Å². The predicted molar refractivity (Wildman–Crippen MR) is 193 cm³/mol. The molecule has 0 fully saturated rings. The molecule has 0 rings (SSSR count). The number of unbranched alkanes of at least 4 members (excludes halogenated alkanes) is 26. The van der Waals surface area contributed by atoms with Crippen molar-refractivity contribution in [3.8, 4) is 0 Å². The molecule has 0 aliphatic carbocycles. The third-order valence-corrected chi connectivity index (χ3v) is 8.93. The van der Waals surface area contributed by atoms with Crippen molar-refractivity contribution in [1.82, 2.24) is 5.32 Å². The topological polar surface area (TPSA) is 69.6 Å². The van der Waals surface area contributed by atoms with Crippen molar-refractivity contribution in [3.63, 3.8) is 0 Å². The van der Waals surface area contributed by atoms with Crippen molar-refractivity contribution in [1.29, 1.82) is 0 Å². The van der Waals surface area contributed by atoms with E-state index in [9.17, 15) is 15.0 Å². The molecule has 1 amide bonds. The maximum Gasteiger partial charge on any atom is 0.220 e. The van der Waals surface area contributed by atoms with Gasteiger partial charge in [0.1, 0.15) is 0 Å². The normalized spacial score (nSPS) is 13.3. The first-order valence-electron chi connectivity index (χ1n) is 19.6. The summed E-state index contributed by atoms with van der Waals surface area (Å²) in [5.41, 5.74) is 0. The molecule has 2 atom stereocenters. The SMILES string of the molecule is CCCCCCCCCC/C=C/C(O)C(CO)NC(=O)CCCCCCCCC/C=C\CCCCCCCCCCCCC. The van der Waals surface area contributed by atoms with Crippen LogP contribution >= 0.6 is 0 Å². The molecule has 0 aromatic rings. The van der Waals surface area contributed by atoms with Gasteiger partial charge in [0.05, 0.1) is 18.8 Å². The first-order chi connectivity index (χ1) is 21.7. The fourth-order valence-corrected chi connectivity index (χ4v) is 5.88. The lowest BCUT2D eigenvalue weighted by molar-refractivity contribution is -0.123. The van der Waals surface area contributed by atoms with Gasteiger partial charge in [-0.1, -0.05) is 179 Å². The van der Waals surface area contributed by atoms with Crippen molar-refractivity contribution in [2.75, 3.05) is 6.61 Å². The zero-order chi connectivity index (χ0) is 32.2. The van der Waals surface area contributed by atoms with Crippen LogP contribution in [0.15, 0.2) is 24.3 Å². The van der Waals surface area contributed by atoms with Crippen molar-refractivity contribution >= 4 is 5.91 Å². The maximum atomic E-state index is 12.3. The minimum Gasteiger partial charge on any atom is -0.394 e. The molecule has 0 bridgehead atoms. The Morgan fingerprint density at radius 1 is 0.523 bits per heavy atom. The molecule has 0 aromatic carbocycles. The Hall–Kier alpha value is -1.13. The molecule has 2 unspecified atom stereocenters. The fourth-order valence-electron chi connectivity index (χ4n) is 5.88. The van der Waals surface area contributed by atoms with E-state index >= 15 is 0 Å². The highest BCUT2D eigenvalue weighted by molar-refractivity contribution is 5.76. The number of nitrogens with one attached hydrogen (secondary N) is 1. The van der Waals surface area contributed by atoms with Gasteiger partial charge in [-0.25, -0.2) is 0 Å². The van der Waals surface area contributed by atoms with E-state index < -0.39 is 12.1 Å². The number of hydrogen-bond acceptors (Lipinski definition) is 3. The van der Waals surface area contributed by atoms with Gasteiger partial charge in [0.25, 0.3) is 0 Å². The maximum absolute atomic E-state index is 12.3. The summed E-state index contributed by atoms with van der Waals surface area (Å²) in [7, 11) is 0. The van der Waals surface area contributed by atoms with Crippen LogP contribution in [-0.4, -0.2) is 34.9 Å². The van der Waals surface area contributed by atoms with Crippen LogP contribution in [0.3, 0.4) is 0 Å². The number of aliphatic hydroxyl groups excluding tert-OH is 2. The summed E-state index contributed by atoms with van der Waals surface area (Å²) < 4.78 is 0. The molecule has 0 radical (unpaired) electrons. The summed E-state index contributed by atoms with van der Waals surface area (Å²) in [5.74, 6) is -0.0699. The van der Waals surface area contributed by atoms with Crippen LogP contribution in [0.1, 0.15) is 206 Å². The fraction of sp³-hybridized carbons (Fsp3) is 0.875. The van der Waals surface area contributed by atoms with Crippen LogP contribution in [0.2, 0.25) is 0 Å². The summed E-state index contributed by atoms with van der Waals surface area (Å²) in [4.78, 5) is 12.3. The van der Waals surface area contributed by atoms with E-state index in [1.807, 2.05) is 6.08 Å². The van der Waals surface area contributed by atoms with Crippen LogP contribution in [-0.2, 0) is 4.79 Å². The Morgan fingerprint density at radius 2 is 0.864 bits per heavy atom. The highest BCUT2D eigenvalue weighted by Crippen LogP contribution is 2.14. The second kappa shape index (κ2) is 36.3. The van der Waals surface area contributed by atoms with Gasteiger partial charge in [-0.05, 0) is 44.9 Å². The van der Waals surface area contributed by atoms with Crippen molar-refractivity contribution in [2.45, 2.75) is 219 Å². The molecule has 0 heterocycles. The van der Waals surface area contributed by atoms with Gasteiger partial charge in [-0.3, -0.25) is 4.79 Å². The molecule has 0 aliphatic heterocycles. The van der Waals surface area contributed by atoms with Crippen LogP contribution < -0.4 is 5.32 Å². The van der Waals surface area contributed by atoms with Crippen molar-refractivity contribution < 1.29 is 15.0 Å². The van der Waals surface area contributed by atoms with E-state index in [4.69, 9.17) is 0 Å². The molecule has 4 nitrogen and oxygen atoms in total. The number of rotatable bonds is 35. The first-order valence-corrected chi connectivity index (χ1v) is 19.6. The molecule has 0 aromatic heterocycles. The van der Waals surface area contributed by atoms with Gasteiger partial charge in [0.15, 0.2) is 0 Å². The van der Waals surface area contributed by atoms with Crippen molar-refractivity contribution in [3.05, 3.63) is 24.3 Å². The lowest BCUT2D eigenvalue weighted by Crippen LogP contribution is -2.45. The summed E-state index contributed by atoms with van der Waals surface area (Å²) in [6, 6.07) is -0.619. The monoisotopic (exact) mass is 620 g/mol. The van der Waals surface area contributed by atoms with E-state index in [0.29, 0.717) is 6.42 Å². The largest absolute Gasteiger partial charge is 0.394 e. The summed E-state index contributed by atoms with van der Waals surface area (Å²) in [5, 5.41) is 22.8. The molecule has 44 heavy (non-hydrogen) atoms. The molecular formula is C40H77NO3. The molecular weight excluding hydrogens is 542 g/mol. The van der Waals surface area contributed by atoms with E-state index in [-0.39, 0.29) is 12.5 Å². The third kappa shape index (κ3) is 32.3. The zero-order valence-electron chi connectivity index (χ0n) is 29.7. The number of allylic oxidation sites excluding steroid dienone is 3. The van der Waals surface area contributed by atoms with Gasteiger partial charge in [-0.2, -0.15) is 0 Å². The standard InChI is InChI=1S/C40H77NO3/c1-3-5-7-9-11-13-15-16-17-18-19-20-21-22-23-24-25-26-28-30-32-34-36-40(44)41-38(37-42)39(43)35-33-31-29-27-14-12-10-8-6-4-2/h21-22,33,35,38-39,42-43H,3-20,23-32,34,36-37H2,1-2H3,(H,41,44)/b22-21-,35-33+. The molecule has 260 valence electrons. The van der Waals surface area contributed by atoms with Gasteiger partial charge in [0.2, 0.25) is 5.91 Å². The number of aliphatic hydroxyl groups is 2. The van der Waals surface area contributed by atoms with Gasteiger partial charge in [-0.15, -0.1) is 0 Å². The Morgan fingerprint density at radius 3 is 1.25 bits per heavy atom. The average Bonchev–Trinajstić information content (AvgIpc) is 3.03. The van der Waals surface area contributed by atoms with E-state index in [0.717, 1.165) is 25.7 Å². The molecule has 4 heteroatoms. The second-order valence-electron chi connectivity index (χ2n) is 13.3. The Bertz CT molecular complexity index is 632. The van der Waals surface area contributed by atoms with Crippen LogP contribution in [0.5, 0.6) is 0 Å². The quantitative estimate of drug-likeness (QED) is 0.0488. The van der Waals surface area contributed by atoms with Gasteiger partial charge < -0.3 is 15.5 Å². The number of carbonyl (C=O) groups excluding carboxylic acids is 1. The number of hydrogen-bond donors (Lipinski definition) is 3. The third-order valence-electron chi connectivity index (χ3n) is 8.93. The zero-order valence-corrected chi connectivity index (χ0v) is 29.7. The molecule has 0 aliphatic rings. The molecule has 0 saturated heterocycles. The lowest BCUT2D eigenvalue weighted by atomic mass is 10.0. The highest BCUT2D eigenvalue weighted by Gasteiger charge is 2.17. The highest BCUT2D eigenvalue weighted by atomic mass is 16.3. The Labute approximate surface area is 275 Å². The van der Waals surface area contributed by atoms with Crippen molar-refractivity contribution in [2.24, 2.45) is 0 Å². The van der Waals surface area contributed by atoms with Crippen LogP contribution in [0, 0.1) is 0 Å². The van der Waals surface area contributed by atoms with Gasteiger partial charge in [0, 0.05) is 6.42 Å². The minimum atomic E-state index is -0.836. The molecule has 3 N–H and O–H groups in total. The van der Waals surface area contributed by atoms with E-state index in [1.54, 1.807) is 6.08 Å². The lowest BCUT2D eigenvalue weighted by Gasteiger charge is -2.20. The molecule has 0 saturated carbocycles. The first kappa shape index (κ1) is 42.9. The summed E-state index contributed by atoms with van der Waals surface area (Å²) in [6.07, 6.45) is 45.6. The number of amides is 1. The summed E-state index contributed by atoms with van der Waals surface area (Å²) in [6.45, 7) is 4.29. The van der Waals surface area contributed by atoms with Gasteiger partial charge >= 0.3 is 0 Å². The predicted octanol–water partition coefficient (Wildman–Crippen LogP) is 11.7. The summed E-state index contributed by atoms with van der Waals surface area (Å²) >= 11 is 0. The van der Waals surface area contributed by atoms with E-state index in [2.05, 4.69) is 31.3 Å². The Balaban J connectivity index is 3.54. The number of carbonyl (C=O) groups is 1. The van der Waals surface area contributed by atoms with E-state index in [1.165, 1.54) is 161 Å². The Kier molecular flexibility index (Phi) is 35.4. The smallest absolute Gasteiger partial charge is 0.220 e. The average molecular weight is 620 g/mol.